The van der Waals surface area contributed by atoms with Gasteiger partial charge in [0.25, 0.3) is 0 Å². The predicted molar refractivity (Wildman–Crippen MR) is 147 cm³/mol. The lowest BCUT2D eigenvalue weighted by Gasteiger charge is -2.38. The molecule has 1 aliphatic heterocycles. The molecular weight excluding hydrogens is 488 g/mol. The fourth-order valence-electron chi connectivity index (χ4n) is 5.64. The highest BCUT2D eigenvalue weighted by atomic mass is 35.5. The minimum Gasteiger partial charge on any atom is -0.497 e. The van der Waals surface area contributed by atoms with Crippen LogP contribution in [0.5, 0.6) is 5.75 Å². The van der Waals surface area contributed by atoms with Gasteiger partial charge in [0, 0.05) is 29.6 Å². The summed E-state index contributed by atoms with van der Waals surface area (Å²) in [6.07, 6.45) is 6.79. The molecular formula is C30H37ClN2O4. The van der Waals surface area contributed by atoms with Gasteiger partial charge in [0.05, 0.1) is 18.7 Å². The standard InChI is InChI=1S/C30H37ClN2O4/c1-37-25-9-10-28-27(19-25)26(12-14-32-28)29(34)11-8-22-13-16-33(20-23(22)18-30(35)36)15-3-2-5-21-6-4-7-24(31)17-21/h4,6-7,9-10,12,14,17,19,22-23,29,34H,2-3,5,8,11,13,15-16,18,20H2,1H3,(H,35,36)/t22-,23+,29?/m1/s1. The van der Waals surface area contributed by atoms with Gasteiger partial charge in [-0.3, -0.25) is 9.78 Å². The van der Waals surface area contributed by atoms with Crippen molar-refractivity contribution < 1.29 is 19.7 Å². The van der Waals surface area contributed by atoms with E-state index in [-0.39, 0.29) is 18.3 Å². The van der Waals surface area contributed by atoms with Gasteiger partial charge in [-0.25, -0.2) is 0 Å². The molecule has 1 aromatic heterocycles. The first-order chi connectivity index (χ1) is 17.9. The molecule has 1 unspecified atom stereocenters. The first-order valence-corrected chi connectivity index (χ1v) is 13.6. The number of methoxy groups -OCH3 is 1. The van der Waals surface area contributed by atoms with E-state index in [0.717, 1.165) is 79.0 Å². The lowest BCUT2D eigenvalue weighted by molar-refractivity contribution is -0.139. The molecule has 0 bridgehead atoms. The van der Waals surface area contributed by atoms with E-state index in [1.54, 1.807) is 13.3 Å². The second kappa shape index (κ2) is 13.2. The van der Waals surface area contributed by atoms with Crippen molar-refractivity contribution in [2.24, 2.45) is 11.8 Å². The van der Waals surface area contributed by atoms with Crippen LogP contribution in [0.3, 0.4) is 0 Å². The number of carboxylic acid groups (broad SMARTS) is 1. The number of fused-ring (bicyclic) bond motifs is 1. The van der Waals surface area contributed by atoms with Gasteiger partial charge in [-0.1, -0.05) is 23.7 Å². The number of aryl methyl sites for hydroxylation is 1. The summed E-state index contributed by atoms with van der Waals surface area (Å²) < 4.78 is 5.36. The SMILES string of the molecule is COc1ccc2nccc(C(O)CC[C@@H]3CCN(CCCCc4cccc(Cl)c4)C[C@@H]3CC(=O)O)c2c1. The molecule has 2 heterocycles. The number of piperidine rings is 1. The summed E-state index contributed by atoms with van der Waals surface area (Å²) in [5.41, 5.74) is 2.93. The van der Waals surface area contributed by atoms with E-state index >= 15 is 0 Å². The Bertz CT molecular complexity index is 1190. The van der Waals surface area contributed by atoms with Crippen molar-refractivity contribution in [2.75, 3.05) is 26.7 Å². The van der Waals surface area contributed by atoms with Crippen LogP contribution in [0.4, 0.5) is 0 Å². The summed E-state index contributed by atoms with van der Waals surface area (Å²) >= 11 is 6.09. The maximum absolute atomic E-state index is 11.6. The Kier molecular flexibility index (Phi) is 9.78. The molecule has 0 aliphatic carbocycles. The number of aromatic nitrogens is 1. The van der Waals surface area contributed by atoms with E-state index in [1.807, 2.05) is 42.5 Å². The Hall–Kier alpha value is -2.67. The molecule has 6 nitrogen and oxygen atoms in total. The van der Waals surface area contributed by atoms with Crippen LogP contribution < -0.4 is 4.74 Å². The van der Waals surface area contributed by atoms with Gasteiger partial charge in [0.1, 0.15) is 5.75 Å². The number of nitrogens with zero attached hydrogens (tertiary/aromatic N) is 2. The zero-order valence-electron chi connectivity index (χ0n) is 21.5. The maximum atomic E-state index is 11.6. The molecule has 0 saturated carbocycles. The van der Waals surface area contributed by atoms with E-state index in [0.29, 0.717) is 6.42 Å². The molecule has 1 aliphatic rings. The van der Waals surface area contributed by atoms with Crippen LogP contribution in [-0.4, -0.2) is 52.8 Å². The van der Waals surface area contributed by atoms with Crippen molar-refractivity contribution in [3.05, 3.63) is 70.9 Å². The molecule has 7 heteroatoms. The summed E-state index contributed by atoms with van der Waals surface area (Å²) in [7, 11) is 1.63. The predicted octanol–water partition coefficient (Wildman–Crippen LogP) is 6.15. The number of hydrogen-bond acceptors (Lipinski definition) is 5. The van der Waals surface area contributed by atoms with Crippen LogP contribution in [0.2, 0.25) is 5.02 Å². The number of halogens is 1. The summed E-state index contributed by atoms with van der Waals surface area (Å²) in [6, 6.07) is 15.6. The Morgan fingerprint density at radius 1 is 1.19 bits per heavy atom. The van der Waals surface area contributed by atoms with Gasteiger partial charge in [0.2, 0.25) is 0 Å². The number of carbonyl (C=O) groups is 1. The van der Waals surface area contributed by atoms with Gasteiger partial charge in [-0.15, -0.1) is 0 Å². The van der Waals surface area contributed by atoms with Crippen molar-refractivity contribution in [2.45, 2.75) is 51.0 Å². The number of aliphatic hydroxyl groups is 1. The van der Waals surface area contributed by atoms with Crippen LogP contribution in [0, 0.1) is 11.8 Å². The Balaban J connectivity index is 1.31. The van der Waals surface area contributed by atoms with E-state index in [9.17, 15) is 15.0 Å². The van der Waals surface area contributed by atoms with Crippen LogP contribution in [0.25, 0.3) is 10.9 Å². The van der Waals surface area contributed by atoms with Crippen molar-refractivity contribution in [1.29, 1.82) is 0 Å². The van der Waals surface area contributed by atoms with Gasteiger partial charge >= 0.3 is 5.97 Å². The van der Waals surface area contributed by atoms with E-state index in [4.69, 9.17) is 16.3 Å². The van der Waals surface area contributed by atoms with Gasteiger partial charge in [-0.2, -0.15) is 0 Å². The van der Waals surface area contributed by atoms with Crippen molar-refractivity contribution in [1.82, 2.24) is 9.88 Å². The third-order valence-electron chi connectivity index (χ3n) is 7.64. The fourth-order valence-corrected chi connectivity index (χ4v) is 5.86. The number of unbranched alkanes of at least 4 members (excludes halogenated alkanes) is 1. The third kappa shape index (κ3) is 7.67. The largest absolute Gasteiger partial charge is 0.497 e. The Labute approximate surface area is 224 Å². The summed E-state index contributed by atoms with van der Waals surface area (Å²) in [5.74, 6) is 0.373. The highest BCUT2D eigenvalue weighted by Gasteiger charge is 2.31. The van der Waals surface area contributed by atoms with E-state index in [1.165, 1.54) is 5.56 Å². The number of aliphatic carboxylic acids is 1. The Morgan fingerprint density at radius 2 is 2.05 bits per heavy atom. The normalized spacial score (nSPS) is 19.1. The second-order valence-electron chi connectivity index (χ2n) is 10.2. The zero-order valence-corrected chi connectivity index (χ0v) is 22.2. The average Bonchev–Trinajstić information content (AvgIpc) is 2.89. The minimum atomic E-state index is -0.745. The number of likely N-dealkylation sites (tertiary alicyclic amines) is 1. The summed E-state index contributed by atoms with van der Waals surface area (Å²) in [5, 5.41) is 22.3. The molecule has 3 aromatic rings. The minimum absolute atomic E-state index is 0.0978. The number of benzene rings is 2. The monoisotopic (exact) mass is 524 g/mol. The van der Waals surface area contributed by atoms with E-state index < -0.39 is 12.1 Å². The van der Waals surface area contributed by atoms with Gasteiger partial charge < -0.3 is 19.8 Å². The fraction of sp³-hybridized carbons (Fsp3) is 0.467. The summed E-state index contributed by atoms with van der Waals surface area (Å²) in [4.78, 5) is 18.5. The average molecular weight is 525 g/mol. The molecule has 2 N–H and O–H groups in total. The first kappa shape index (κ1) is 27.4. The topological polar surface area (TPSA) is 82.9 Å². The van der Waals surface area contributed by atoms with Crippen LogP contribution in [-0.2, 0) is 11.2 Å². The van der Waals surface area contributed by atoms with Gasteiger partial charge in [0.15, 0.2) is 0 Å². The smallest absolute Gasteiger partial charge is 0.303 e. The number of hydrogen-bond donors (Lipinski definition) is 2. The highest BCUT2D eigenvalue weighted by molar-refractivity contribution is 6.30. The lowest BCUT2D eigenvalue weighted by atomic mass is 9.79. The van der Waals surface area contributed by atoms with Crippen LogP contribution >= 0.6 is 11.6 Å². The highest BCUT2D eigenvalue weighted by Crippen LogP contribution is 2.35. The molecule has 0 spiro atoms. The first-order valence-electron chi connectivity index (χ1n) is 13.2. The molecule has 2 aromatic carbocycles. The van der Waals surface area contributed by atoms with Gasteiger partial charge in [-0.05, 0) is 111 Å². The number of ether oxygens (including phenoxy) is 1. The molecule has 0 amide bonds. The maximum Gasteiger partial charge on any atom is 0.303 e. The number of aliphatic hydroxyl groups excluding tert-OH is 1. The zero-order chi connectivity index (χ0) is 26.2. The van der Waals surface area contributed by atoms with Crippen molar-refractivity contribution in [3.63, 3.8) is 0 Å². The molecule has 1 saturated heterocycles. The molecule has 1 fully saturated rings. The molecule has 198 valence electrons. The molecule has 0 radical (unpaired) electrons. The third-order valence-corrected chi connectivity index (χ3v) is 7.88. The van der Waals surface area contributed by atoms with E-state index in [2.05, 4.69) is 16.0 Å². The Morgan fingerprint density at radius 3 is 2.84 bits per heavy atom. The molecule has 3 atom stereocenters. The van der Waals surface area contributed by atoms with Crippen molar-refractivity contribution in [3.8, 4) is 5.75 Å². The van der Waals surface area contributed by atoms with Crippen LogP contribution in [0.15, 0.2) is 54.7 Å². The molecule has 37 heavy (non-hydrogen) atoms. The van der Waals surface area contributed by atoms with Crippen molar-refractivity contribution >= 4 is 28.5 Å². The summed E-state index contributed by atoms with van der Waals surface area (Å²) in [6.45, 7) is 2.76. The quantitative estimate of drug-likeness (QED) is 0.277. The molecule has 4 rings (SSSR count). The van der Waals surface area contributed by atoms with Crippen LogP contribution in [0.1, 0.15) is 55.8 Å². The number of rotatable bonds is 12. The number of carboxylic acids is 1. The second-order valence-corrected chi connectivity index (χ2v) is 10.6. The lowest BCUT2D eigenvalue weighted by Crippen LogP contribution is -2.41. The number of pyridine rings is 1.